The molecule has 0 saturated carbocycles. The fourth-order valence-electron chi connectivity index (χ4n) is 10.1. The van der Waals surface area contributed by atoms with Crippen LogP contribution in [0.4, 0.5) is 0 Å². The van der Waals surface area contributed by atoms with E-state index in [0.717, 1.165) is 120 Å². The Kier molecular flexibility index (Phi) is 56.6. The number of esters is 4. The van der Waals surface area contributed by atoms with Crippen LogP contribution in [0.3, 0.4) is 0 Å². The van der Waals surface area contributed by atoms with E-state index in [1.54, 1.807) is 0 Å². The summed E-state index contributed by atoms with van der Waals surface area (Å²) in [5.74, 6) is 0.825. The predicted molar refractivity (Wildman–Crippen MR) is 349 cm³/mol. The van der Waals surface area contributed by atoms with Gasteiger partial charge in [0.05, 0.1) is 26.4 Å². The van der Waals surface area contributed by atoms with Gasteiger partial charge in [-0.1, -0.05) is 280 Å². The van der Waals surface area contributed by atoms with Gasteiger partial charge in [0.15, 0.2) is 12.2 Å². The Bertz CT molecular complexity index is 1730. The number of carbonyl (C=O) groups excluding carboxylic acids is 4. The van der Waals surface area contributed by atoms with E-state index < -0.39 is 97.5 Å². The van der Waals surface area contributed by atoms with Gasteiger partial charge in [-0.2, -0.15) is 0 Å². The van der Waals surface area contributed by atoms with Gasteiger partial charge in [0.2, 0.25) is 0 Å². The molecule has 0 spiro atoms. The second-order valence-electron chi connectivity index (χ2n) is 26.2. The molecule has 0 amide bonds. The molecule has 0 aliphatic heterocycles. The first-order valence-corrected chi connectivity index (χ1v) is 38.2. The molecule has 87 heavy (non-hydrogen) atoms. The van der Waals surface area contributed by atoms with Crippen LogP contribution in [0.25, 0.3) is 0 Å². The van der Waals surface area contributed by atoms with Crippen molar-refractivity contribution in [3.63, 3.8) is 0 Å². The summed E-state index contributed by atoms with van der Waals surface area (Å²) in [6.45, 7) is 14.0. The van der Waals surface area contributed by atoms with Crippen LogP contribution in [0.1, 0.15) is 331 Å². The topological polar surface area (TPSA) is 237 Å². The molecular formula is C68H132O17P2. The van der Waals surface area contributed by atoms with Gasteiger partial charge in [-0.25, -0.2) is 9.13 Å². The molecule has 0 radical (unpaired) electrons. The van der Waals surface area contributed by atoms with E-state index in [4.69, 9.17) is 37.0 Å². The lowest BCUT2D eigenvalue weighted by molar-refractivity contribution is -0.161. The lowest BCUT2D eigenvalue weighted by Crippen LogP contribution is -2.30. The third kappa shape index (κ3) is 61.3. The highest BCUT2D eigenvalue weighted by molar-refractivity contribution is 7.47. The van der Waals surface area contributed by atoms with E-state index in [2.05, 4.69) is 55.4 Å². The first-order chi connectivity index (χ1) is 41.6. The minimum Gasteiger partial charge on any atom is -0.462 e. The van der Waals surface area contributed by atoms with E-state index in [1.165, 1.54) is 128 Å². The molecule has 516 valence electrons. The van der Waals surface area contributed by atoms with Gasteiger partial charge in [0.25, 0.3) is 0 Å². The highest BCUT2D eigenvalue weighted by Gasteiger charge is 2.30. The molecule has 3 N–H and O–H groups in total. The van der Waals surface area contributed by atoms with Crippen LogP contribution in [-0.2, 0) is 65.4 Å². The standard InChI is InChI=1S/C68H132O17P2/c1-9-61(8)47-39-31-26-27-33-41-49-66(71)79-55-64(85-67(72)50-42-34-24-16-12-10-11-14-20-28-36-44-58(2)3)57-83-87(76,77)81-53-62(69)52-80-86(74,75)82-56-63(54-78-65(70)48-40-32-23-19-18-22-30-38-46-60(6)7)84-68(73)51-43-35-25-17-13-15-21-29-37-45-59(4)5/h58-64,69H,9-57H2,1-8H3,(H,74,75)(H,76,77)/t61?,62-,63-,64-/m1/s1. The number of hydrogen-bond donors (Lipinski definition) is 3. The molecule has 0 heterocycles. The number of ether oxygens (including phenoxy) is 4. The number of unbranched alkanes of at least 4 members (excludes halogenated alkanes) is 30. The van der Waals surface area contributed by atoms with Crippen LogP contribution < -0.4 is 0 Å². The normalized spacial score (nSPS) is 14.6. The Balaban J connectivity index is 5.26. The highest BCUT2D eigenvalue weighted by Crippen LogP contribution is 2.45. The number of aliphatic hydroxyl groups is 1. The summed E-state index contributed by atoms with van der Waals surface area (Å²) in [6, 6.07) is 0. The van der Waals surface area contributed by atoms with Crippen molar-refractivity contribution in [1.82, 2.24) is 0 Å². The summed E-state index contributed by atoms with van der Waals surface area (Å²) < 4.78 is 68.2. The van der Waals surface area contributed by atoms with Crippen molar-refractivity contribution < 1.29 is 80.2 Å². The van der Waals surface area contributed by atoms with Crippen molar-refractivity contribution in [1.29, 1.82) is 0 Å². The predicted octanol–water partition coefficient (Wildman–Crippen LogP) is 18.9. The maximum Gasteiger partial charge on any atom is 0.472 e. The largest absolute Gasteiger partial charge is 0.472 e. The summed E-state index contributed by atoms with van der Waals surface area (Å²) in [4.78, 5) is 72.4. The molecule has 3 unspecified atom stereocenters. The maximum atomic E-state index is 13.0. The van der Waals surface area contributed by atoms with Crippen LogP contribution in [0.15, 0.2) is 0 Å². The number of carbonyl (C=O) groups is 4. The van der Waals surface area contributed by atoms with Gasteiger partial charge >= 0.3 is 39.5 Å². The summed E-state index contributed by atoms with van der Waals surface area (Å²) in [6.07, 6.45) is 39.0. The van der Waals surface area contributed by atoms with Crippen LogP contribution in [-0.4, -0.2) is 96.7 Å². The zero-order valence-electron chi connectivity index (χ0n) is 56.6. The maximum absolute atomic E-state index is 13.0. The zero-order chi connectivity index (χ0) is 64.7. The molecule has 6 atom stereocenters. The molecule has 0 rings (SSSR count). The Morgan fingerprint density at radius 3 is 0.816 bits per heavy atom. The fraction of sp³-hybridized carbons (Fsp3) is 0.941. The number of hydrogen-bond acceptors (Lipinski definition) is 15. The van der Waals surface area contributed by atoms with Crippen molar-refractivity contribution in [2.24, 2.45) is 23.7 Å². The van der Waals surface area contributed by atoms with E-state index >= 15 is 0 Å². The SMILES string of the molecule is CCC(C)CCCCCCCCC(=O)OC[C@H](COP(=O)(O)OC[C@H](O)COP(=O)(O)OC[C@@H](COC(=O)CCCCCCCCCCC(C)C)OC(=O)CCCCCCCCCCCC(C)C)OC(=O)CCCCCCCCCCCCCC(C)C. The number of aliphatic hydroxyl groups excluding tert-OH is 1. The summed E-state index contributed by atoms with van der Waals surface area (Å²) >= 11 is 0. The van der Waals surface area contributed by atoms with Crippen molar-refractivity contribution in [2.45, 2.75) is 350 Å². The molecule has 0 saturated heterocycles. The Morgan fingerprint density at radius 2 is 0.552 bits per heavy atom. The molecule has 17 nitrogen and oxygen atoms in total. The lowest BCUT2D eigenvalue weighted by atomic mass is 10.00. The molecular weight excluding hydrogens is 1150 g/mol. The third-order valence-electron chi connectivity index (χ3n) is 15.9. The van der Waals surface area contributed by atoms with Crippen molar-refractivity contribution in [3.05, 3.63) is 0 Å². The smallest absolute Gasteiger partial charge is 0.462 e. The first-order valence-electron chi connectivity index (χ1n) is 35.2. The van der Waals surface area contributed by atoms with Gasteiger partial charge in [0.1, 0.15) is 19.3 Å². The summed E-state index contributed by atoms with van der Waals surface area (Å²) in [5.41, 5.74) is 0. The Labute approximate surface area is 530 Å². The van der Waals surface area contributed by atoms with Crippen molar-refractivity contribution in [3.8, 4) is 0 Å². The molecule has 0 aromatic rings. The quantitative estimate of drug-likeness (QED) is 0.0222. The molecule has 0 aromatic carbocycles. The summed E-state index contributed by atoms with van der Waals surface area (Å²) in [7, 11) is -9.90. The minimum absolute atomic E-state index is 0.104. The van der Waals surface area contributed by atoms with E-state index in [1.807, 2.05) is 0 Å². The first kappa shape index (κ1) is 85.1. The number of rotatable bonds is 65. The second kappa shape index (κ2) is 57.9. The molecule has 0 aromatic heterocycles. The molecule has 0 aliphatic carbocycles. The average molecular weight is 1280 g/mol. The fourth-order valence-corrected chi connectivity index (χ4v) is 11.7. The van der Waals surface area contributed by atoms with Crippen LogP contribution in [0.5, 0.6) is 0 Å². The molecule has 0 aliphatic rings. The van der Waals surface area contributed by atoms with Crippen LogP contribution in [0, 0.1) is 23.7 Å². The average Bonchev–Trinajstić information content (AvgIpc) is 3.59. The van der Waals surface area contributed by atoms with Gasteiger partial charge in [0, 0.05) is 25.7 Å². The highest BCUT2D eigenvalue weighted by atomic mass is 31.2. The monoisotopic (exact) mass is 1280 g/mol. The van der Waals surface area contributed by atoms with Gasteiger partial charge in [-0.05, 0) is 49.4 Å². The van der Waals surface area contributed by atoms with E-state index in [0.29, 0.717) is 25.7 Å². The van der Waals surface area contributed by atoms with Crippen LogP contribution in [0.2, 0.25) is 0 Å². The number of phosphoric ester groups is 2. The third-order valence-corrected chi connectivity index (χ3v) is 17.8. The molecule has 0 bridgehead atoms. The van der Waals surface area contributed by atoms with Gasteiger partial charge in [-0.15, -0.1) is 0 Å². The lowest BCUT2D eigenvalue weighted by Gasteiger charge is -2.21. The number of phosphoric acid groups is 2. The van der Waals surface area contributed by atoms with Crippen molar-refractivity contribution >= 4 is 39.5 Å². The van der Waals surface area contributed by atoms with Crippen LogP contribution >= 0.6 is 15.6 Å². The zero-order valence-corrected chi connectivity index (χ0v) is 58.4. The molecule has 19 heteroatoms. The molecule has 0 fully saturated rings. The van der Waals surface area contributed by atoms with E-state index in [-0.39, 0.29) is 25.7 Å². The van der Waals surface area contributed by atoms with Crippen molar-refractivity contribution in [2.75, 3.05) is 39.6 Å². The van der Waals surface area contributed by atoms with Gasteiger partial charge < -0.3 is 33.8 Å². The Morgan fingerprint density at radius 1 is 0.322 bits per heavy atom. The van der Waals surface area contributed by atoms with E-state index in [9.17, 15) is 43.2 Å². The second-order valence-corrected chi connectivity index (χ2v) is 29.1. The minimum atomic E-state index is -4.95. The summed E-state index contributed by atoms with van der Waals surface area (Å²) in [5, 5.41) is 10.6. The van der Waals surface area contributed by atoms with Gasteiger partial charge in [-0.3, -0.25) is 37.3 Å². The Hall–Kier alpha value is -1.94.